The molecule has 5 nitrogen and oxygen atoms in total. The van der Waals surface area contributed by atoms with Crippen LogP contribution in [0.4, 0.5) is 5.69 Å². The zero-order valence-corrected chi connectivity index (χ0v) is 16.0. The first-order valence-corrected chi connectivity index (χ1v) is 9.42. The zero-order chi connectivity index (χ0) is 19.2. The Bertz CT molecular complexity index is 776. The van der Waals surface area contributed by atoms with Gasteiger partial charge in [0.15, 0.2) is 5.78 Å². The standard InChI is InChI=1S/C22H26N2O3/c1-3-27-21-10-4-18(5-11-21)16-22(26)24-14-12-23(13-15-24)20-8-6-19(7-9-20)17(2)25/h4-11H,3,12-16H2,1-2H3. The lowest BCUT2D eigenvalue weighted by molar-refractivity contribution is -0.130. The number of piperazine rings is 1. The van der Waals surface area contributed by atoms with Crippen LogP contribution >= 0.6 is 0 Å². The number of anilines is 1. The monoisotopic (exact) mass is 366 g/mol. The lowest BCUT2D eigenvalue weighted by Gasteiger charge is -2.36. The number of carbonyl (C=O) groups excluding carboxylic acids is 2. The number of benzene rings is 2. The third-order valence-electron chi connectivity index (χ3n) is 4.86. The van der Waals surface area contributed by atoms with E-state index in [1.54, 1.807) is 6.92 Å². The molecule has 0 aromatic heterocycles. The zero-order valence-electron chi connectivity index (χ0n) is 16.0. The number of nitrogens with zero attached hydrogens (tertiary/aromatic N) is 2. The number of Topliss-reactive ketones (excluding diaryl/α,β-unsaturated/α-hetero) is 1. The minimum Gasteiger partial charge on any atom is -0.494 e. The Balaban J connectivity index is 1.52. The molecule has 0 aliphatic carbocycles. The van der Waals surface area contributed by atoms with Gasteiger partial charge in [0.1, 0.15) is 5.75 Å². The molecule has 1 heterocycles. The Hall–Kier alpha value is -2.82. The molecule has 1 aliphatic heterocycles. The predicted molar refractivity (Wildman–Crippen MR) is 107 cm³/mol. The first-order valence-electron chi connectivity index (χ1n) is 9.42. The molecule has 142 valence electrons. The summed E-state index contributed by atoms with van der Waals surface area (Å²) in [5.74, 6) is 1.06. The summed E-state index contributed by atoms with van der Waals surface area (Å²) < 4.78 is 5.44. The molecule has 0 unspecified atom stereocenters. The number of hydrogen-bond donors (Lipinski definition) is 0. The maximum absolute atomic E-state index is 12.6. The first-order chi connectivity index (χ1) is 13.1. The maximum atomic E-state index is 12.6. The SMILES string of the molecule is CCOc1ccc(CC(=O)N2CCN(c3ccc(C(C)=O)cc3)CC2)cc1. The summed E-state index contributed by atoms with van der Waals surface area (Å²) in [6.07, 6.45) is 0.416. The van der Waals surface area contributed by atoms with Crippen molar-refractivity contribution >= 4 is 17.4 Å². The molecule has 0 bridgehead atoms. The van der Waals surface area contributed by atoms with Gasteiger partial charge in [-0.05, 0) is 55.8 Å². The van der Waals surface area contributed by atoms with Crippen molar-refractivity contribution in [1.82, 2.24) is 4.90 Å². The van der Waals surface area contributed by atoms with Gasteiger partial charge in [0.05, 0.1) is 13.0 Å². The minimum absolute atomic E-state index is 0.0752. The molecule has 1 fully saturated rings. The van der Waals surface area contributed by atoms with Crippen LogP contribution in [0.15, 0.2) is 48.5 Å². The Kier molecular flexibility index (Phi) is 6.12. The number of amides is 1. The number of carbonyl (C=O) groups is 2. The molecule has 27 heavy (non-hydrogen) atoms. The van der Waals surface area contributed by atoms with Crippen LogP contribution in [0.5, 0.6) is 5.75 Å². The van der Waals surface area contributed by atoms with E-state index in [-0.39, 0.29) is 11.7 Å². The van der Waals surface area contributed by atoms with E-state index < -0.39 is 0 Å². The molecule has 0 spiro atoms. The summed E-state index contributed by atoms with van der Waals surface area (Å²) in [6.45, 7) is 7.19. The average molecular weight is 366 g/mol. The first kappa shape index (κ1) is 19.0. The lowest BCUT2D eigenvalue weighted by Crippen LogP contribution is -2.49. The van der Waals surface area contributed by atoms with E-state index >= 15 is 0 Å². The van der Waals surface area contributed by atoms with Crippen molar-refractivity contribution in [1.29, 1.82) is 0 Å². The topological polar surface area (TPSA) is 49.9 Å². The molecule has 5 heteroatoms. The normalized spacial score (nSPS) is 14.1. The molecule has 0 atom stereocenters. The van der Waals surface area contributed by atoms with E-state index in [0.29, 0.717) is 26.1 Å². The van der Waals surface area contributed by atoms with E-state index in [0.717, 1.165) is 35.7 Å². The second-order valence-electron chi connectivity index (χ2n) is 6.72. The van der Waals surface area contributed by atoms with Crippen molar-refractivity contribution in [2.45, 2.75) is 20.3 Å². The maximum Gasteiger partial charge on any atom is 0.227 e. The van der Waals surface area contributed by atoms with E-state index in [1.165, 1.54) is 0 Å². The van der Waals surface area contributed by atoms with Gasteiger partial charge < -0.3 is 14.5 Å². The van der Waals surface area contributed by atoms with Crippen LogP contribution in [0.3, 0.4) is 0 Å². The highest BCUT2D eigenvalue weighted by Crippen LogP contribution is 2.19. The number of rotatable bonds is 6. The average Bonchev–Trinajstić information content (AvgIpc) is 2.70. The Labute approximate surface area is 160 Å². The molecule has 2 aromatic rings. The Morgan fingerprint density at radius 3 is 2.11 bits per heavy atom. The fourth-order valence-corrected chi connectivity index (χ4v) is 3.28. The highest BCUT2D eigenvalue weighted by Gasteiger charge is 2.21. The molecule has 1 aliphatic rings. The van der Waals surface area contributed by atoms with Crippen LogP contribution in [0.25, 0.3) is 0 Å². The molecular weight excluding hydrogens is 340 g/mol. The van der Waals surface area contributed by atoms with E-state index in [4.69, 9.17) is 4.74 Å². The molecule has 0 radical (unpaired) electrons. The van der Waals surface area contributed by atoms with Crippen LogP contribution in [-0.4, -0.2) is 49.4 Å². The Morgan fingerprint density at radius 1 is 0.926 bits per heavy atom. The van der Waals surface area contributed by atoms with Crippen LogP contribution in [-0.2, 0) is 11.2 Å². The third-order valence-corrected chi connectivity index (χ3v) is 4.86. The fraction of sp³-hybridized carbons (Fsp3) is 0.364. The van der Waals surface area contributed by atoms with E-state index in [2.05, 4.69) is 4.90 Å². The largest absolute Gasteiger partial charge is 0.494 e. The van der Waals surface area contributed by atoms with Crippen molar-refractivity contribution in [3.05, 3.63) is 59.7 Å². The summed E-state index contributed by atoms with van der Waals surface area (Å²) in [4.78, 5) is 28.1. The van der Waals surface area contributed by atoms with Gasteiger partial charge in [-0.25, -0.2) is 0 Å². The lowest BCUT2D eigenvalue weighted by atomic mass is 10.1. The summed E-state index contributed by atoms with van der Waals surface area (Å²) in [7, 11) is 0. The number of hydrogen-bond acceptors (Lipinski definition) is 4. The van der Waals surface area contributed by atoms with Gasteiger partial charge in [-0.1, -0.05) is 12.1 Å². The second-order valence-corrected chi connectivity index (χ2v) is 6.72. The van der Waals surface area contributed by atoms with Gasteiger partial charge in [0, 0.05) is 37.4 Å². The van der Waals surface area contributed by atoms with Crippen molar-refractivity contribution < 1.29 is 14.3 Å². The molecule has 0 N–H and O–H groups in total. The molecule has 3 rings (SSSR count). The van der Waals surface area contributed by atoms with Gasteiger partial charge in [-0.2, -0.15) is 0 Å². The van der Waals surface area contributed by atoms with Crippen LogP contribution in [0.1, 0.15) is 29.8 Å². The molecule has 2 aromatic carbocycles. The van der Waals surface area contributed by atoms with Crippen LogP contribution < -0.4 is 9.64 Å². The molecule has 0 saturated carbocycles. The minimum atomic E-state index is 0.0752. The van der Waals surface area contributed by atoms with Gasteiger partial charge in [-0.3, -0.25) is 9.59 Å². The molecular formula is C22H26N2O3. The smallest absolute Gasteiger partial charge is 0.227 e. The summed E-state index contributed by atoms with van der Waals surface area (Å²) in [5, 5.41) is 0. The van der Waals surface area contributed by atoms with Gasteiger partial charge in [0.2, 0.25) is 5.91 Å². The van der Waals surface area contributed by atoms with Crippen molar-refractivity contribution in [3.8, 4) is 5.75 Å². The van der Waals surface area contributed by atoms with Gasteiger partial charge >= 0.3 is 0 Å². The summed E-state index contributed by atoms with van der Waals surface area (Å²) in [6, 6.07) is 15.4. The van der Waals surface area contributed by atoms with Crippen LogP contribution in [0.2, 0.25) is 0 Å². The number of ether oxygens (including phenoxy) is 1. The Morgan fingerprint density at radius 2 is 1.56 bits per heavy atom. The van der Waals surface area contributed by atoms with Gasteiger partial charge in [-0.15, -0.1) is 0 Å². The summed E-state index contributed by atoms with van der Waals surface area (Å²) >= 11 is 0. The van der Waals surface area contributed by atoms with Crippen LogP contribution in [0, 0.1) is 0 Å². The molecule has 1 saturated heterocycles. The van der Waals surface area contributed by atoms with E-state index in [9.17, 15) is 9.59 Å². The quantitative estimate of drug-likeness (QED) is 0.737. The van der Waals surface area contributed by atoms with Crippen molar-refractivity contribution in [2.24, 2.45) is 0 Å². The third kappa shape index (κ3) is 4.88. The second kappa shape index (κ2) is 8.71. The van der Waals surface area contributed by atoms with Gasteiger partial charge in [0.25, 0.3) is 0 Å². The number of ketones is 1. The van der Waals surface area contributed by atoms with Crippen molar-refractivity contribution in [2.75, 3.05) is 37.7 Å². The highest BCUT2D eigenvalue weighted by atomic mass is 16.5. The molecule has 1 amide bonds. The van der Waals surface area contributed by atoms with E-state index in [1.807, 2.05) is 60.4 Å². The highest BCUT2D eigenvalue weighted by molar-refractivity contribution is 5.94. The fourth-order valence-electron chi connectivity index (χ4n) is 3.28. The van der Waals surface area contributed by atoms with Crippen molar-refractivity contribution in [3.63, 3.8) is 0 Å². The predicted octanol–water partition coefficient (Wildman–Crippen LogP) is 3.18. The summed E-state index contributed by atoms with van der Waals surface area (Å²) in [5.41, 5.74) is 2.83.